The summed E-state index contributed by atoms with van der Waals surface area (Å²) >= 11 is 0. The zero-order valence-corrected chi connectivity index (χ0v) is 12.9. The molecule has 0 unspecified atom stereocenters. The molecule has 0 radical (unpaired) electrons. The fourth-order valence-corrected chi connectivity index (χ4v) is 5.20. The lowest BCUT2D eigenvalue weighted by atomic mass is 9.85. The van der Waals surface area contributed by atoms with E-state index in [1.54, 1.807) is 24.3 Å². The lowest BCUT2D eigenvalue weighted by molar-refractivity contribution is -0.123. The molecule has 1 aliphatic heterocycles. The number of hydrogen-bond donors (Lipinski definition) is 0. The highest BCUT2D eigenvalue weighted by molar-refractivity contribution is 6.23. The van der Waals surface area contributed by atoms with E-state index in [4.69, 9.17) is 0 Å². The number of nitrogens with zero attached hydrogens (tertiary/aromatic N) is 1. The second kappa shape index (κ2) is 3.99. The van der Waals surface area contributed by atoms with Gasteiger partial charge in [-0.05, 0) is 49.1 Å². The van der Waals surface area contributed by atoms with Crippen LogP contribution < -0.4 is 4.90 Å². The number of rotatable bonds is 2. The molecule has 5 rings (SSSR count). The van der Waals surface area contributed by atoms with Gasteiger partial charge in [0.05, 0.1) is 17.5 Å². The van der Waals surface area contributed by atoms with E-state index in [-0.39, 0.29) is 46.7 Å². The van der Waals surface area contributed by atoms with Crippen molar-refractivity contribution in [2.45, 2.75) is 19.8 Å². The van der Waals surface area contributed by atoms with Crippen LogP contribution in [0.3, 0.4) is 0 Å². The molecule has 3 fully saturated rings. The van der Waals surface area contributed by atoms with E-state index in [0.29, 0.717) is 11.3 Å². The number of ketones is 1. The van der Waals surface area contributed by atoms with E-state index >= 15 is 0 Å². The first-order valence-corrected chi connectivity index (χ1v) is 8.22. The van der Waals surface area contributed by atoms with Gasteiger partial charge in [-0.25, -0.2) is 4.90 Å². The lowest BCUT2D eigenvalue weighted by Gasteiger charge is -2.22. The molecular formula is C19H17NO3. The molecule has 0 N–H and O–H groups in total. The van der Waals surface area contributed by atoms with Crippen molar-refractivity contribution >= 4 is 23.3 Å². The van der Waals surface area contributed by atoms with Crippen molar-refractivity contribution < 1.29 is 14.4 Å². The molecule has 1 saturated heterocycles. The number of imide groups is 1. The van der Waals surface area contributed by atoms with Crippen molar-refractivity contribution in [2.24, 2.45) is 29.1 Å². The Balaban J connectivity index is 1.56. The van der Waals surface area contributed by atoms with Gasteiger partial charge in [0, 0.05) is 5.56 Å². The Morgan fingerprint density at radius 2 is 1.70 bits per heavy atom. The van der Waals surface area contributed by atoms with Crippen molar-refractivity contribution in [1.29, 1.82) is 0 Å². The van der Waals surface area contributed by atoms with Crippen LogP contribution in [0.25, 0.3) is 0 Å². The van der Waals surface area contributed by atoms with Gasteiger partial charge in [0.2, 0.25) is 11.8 Å². The summed E-state index contributed by atoms with van der Waals surface area (Å²) in [4.78, 5) is 38.8. The Hall–Kier alpha value is -2.23. The summed E-state index contributed by atoms with van der Waals surface area (Å²) in [6.07, 6.45) is 6.62. The first-order chi connectivity index (χ1) is 11.0. The molecule has 3 aliphatic carbocycles. The standard InChI is InChI=1S/C19H17NO3/c1-10(21)11-3-2-4-12(9-11)20-17(22)15-13-5-6-14(16(15)18(20)23)19(13)7-8-19/h2-6,9,13-16H,7-8H2,1H3/t13-,14+,15+,16-. The Labute approximate surface area is 134 Å². The largest absolute Gasteiger partial charge is 0.295 e. The van der Waals surface area contributed by atoms with Gasteiger partial charge >= 0.3 is 0 Å². The summed E-state index contributed by atoms with van der Waals surface area (Å²) in [5, 5.41) is 0. The molecule has 4 heteroatoms. The second-order valence-electron chi connectivity index (χ2n) is 7.34. The molecule has 23 heavy (non-hydrogen) atoms. The van der Waals surface area contributed by atoms with Crippen LogP contribution in [-0.4, -0.2) is 17.6 Å². The second-order valence-corrected chi connectivity index (χ2v) is 7.34. The normalized spacial score (nSPS) is 35.3. The van der Waals surface area contributed by atoms with E-state index in [2.05, 4.69) is 12.2 Å². The van der Waals surface area contributed by atoms with Gasteiger partial charge in [0.25, 0.3) is 0 Å². The molecular weight excluding hydrogens is 290 g/mol. The Morgan fingerprint density at radius 3 is 2.22 bits per heavy atom. The molecule has 2 amide bonds. The first-order valence-electron chi connectivity index (χ1n) is 8.22. The van der Waals surface area contributed by atoms with Crippen molar-refractivity contribution in [3.8, 4) is 0 Å². The molecule has 2 bridgehead atoms. The molecule has 116 valence electrons. The van der Waals surface area contributed by atoms with Gasteiger partial charge < -0.3 is 0 Å². The molecule has 4 nitrogen and oxygen atoms in total. The van der Waals surface area contributed by atoms with Gasteiger partial charge in [-0.15, -0.1) is 0 Å². The van der Waals surface area contributed by atoms with Crippen molar-refractivity contribution in [1.82, 2.24) is 0 Å². The lowest BCUT2D eigenvalue weighted by Crippen LogP contribution is -2.34. The number of carbonyl (C=O) groups excluding carboxylic acids is 3. The highest BCUT2D eigenvalue weighted by atomic mass is 16.2. The van der Waals surface area contributed by atoms with Crippen molar-refractivity contribution in [2.75, 3.05) is 4.90 Å². The highest BCUT2D eigenvalue weighted by Gasteiger charge is 2.73. The maximum Gasteiger partial charge on any atom is 0.238 e. The maximum atomic E-state index is 13.0. The number of Topliss-reactive ketones (excluding diaryl/α,β-unsaturated/α-hetero) is 1. The average molecular weight is 307 g/mol. The average Bonchev–Trinajstić information content (AvgIpc) is 3.13. The monoisotopic (exact) mass is 307 g/mol. The zero-order valence-electron chi connectivity index (χ0n) is 12.9. The molecule has 4 atom stereocenters. The number of amides is 2. The van der Waals surface area contributed by atoms with E-state index in [1.807, 2.05) is 0 Å². The van der Waals surface area contributed by atoms with E-state index in [1.165, 1.54) is 11.8 Å². The number of fused-ring (bicyclic) bond motifs is 3. The van der Waals surface area contributed by atoms with Gasteiger partial charge in [-0.3, -0.25) is 14.4 Å². The molecule has 1 spiro atoms. The van der Waals surface area contributed by atoms with Crippen LogP contribution >= 0.6 is 0 Å². The van der Waals surface area contributed by atoms with E-state index in [0.717, 1.165) is 12.8 Å². The topological polar surface area (TPSA) is 54.5 Å². The zero-order chi connectivity index (χ0) is 15.9. The molecule has 1 aromatic rings. The third-order valence-corrected chi connectivity index (χ3v) is 6.36. The van der Waals surface area contributed by atoms with Gasteiger partial charge in [0.1, 0.15) is 0 Å². The quantitative estimate of drug-likeness (QED) is 0.479. The van der Waals surface area contributed by atoms with Gasteiger partial charge in [0.15, 0.2) is 5.78 Å². The summed E-state index contributed by atoms with van der Waals surface area (Å²) < 4.78 is 0. The smallest absolute Gasteiger partial charge is 0.238 e. The van der Waals surface area contributed by atoms with Crippen LogP contribution in [0.2, 0.25) is 0 Å². The fourth-order valence-electron chi connectivity index (χ4n) is 5.20. The molecule has 4 aliphatic rings. The van der Waals surface area contributed by atoms with Crippen LogP contribution in [0.4, 0.5) is 5.69 Å². The molecule has 1 heterocycles. The SMILES string of the molecule is CC(=O)c1cccc(N2C(=O)[C@@H]3[C@H](C2=O)[C@@H]2C=C[C@H]3C23CC3)c1. The third-order valence-electron chi connectivity index (χ3n) is 6.36. The van der Waals surface area contributed by atoms with Crippen molar-refractivity contribution in [3.63, 3.8) is 0 Å². The van der Waals surface area contributed by atoms with Crippen LogP contribution in [0, 0.1) is 29.1 Å². The van der Waals surface area contributed by atoms with Crippen LogP contribution in [0.15, 0.2) is 36.4 Å². The predicted molar refractivity (Wildman–Crippen MR) is 83.7 cm³/mol. The van der Waals surface area contributed by atoms with Gasteiger partial charge in [-0.2, -0.15) is 0 Å². The Kier molecular flexibility index (Phi) is 2.30. The molecule has 0 aromatic heterocycles. The molecule has 1 aromatic carbocycles. The minimum atomic E-state index is -0.194. The van der Waals surface area contributed by atoms with E-state index < -0.39 is 0 Å². The van der Waals surface area contributed by atoms with Gasteiger partial charge in [-0.1, -0.05) is 24.3 Å². The Morgan fingerprint density at radius 1 is 1.09 bits per heavy atom. The first kappa shape index (κ1) is 13.2. The molecule has 2 saturated carbocycles. The van der Waals surface area contributed by atoms with Crippen LogP contribution in [0.5, 0.6) is 0 Å². The van der Waals surface area contributed by atoms with E-state index in [9.17, 15) is 14.4 Å². The number of benzene rings is 1. The fraction of sp³-hybridized carbons (Fsp3) is 0.421. The van der Waals surface area contributed by atoms with Crippen LogP contribution in [-0.2, 0) is 9.59 Å². The third kappa shape index (κ3) is 1.44. The summed E-state index contributed by atoms with van der Waals surface area (Å²) in [7, 11) is 0. The number of anilines is 1. The number of hydrogen-bond acceptors (Lipinski definition) is 3. The minimum Gasteiger partial charge on any atom is -0.295 e. The summed E-state index contributed by atoms with van der Waals surface area (Å²) in [5.74, 6) is -0.149. The maximum absolute atomic E-state index is 13.0. The summed E-state index contributed by atoms with van der Waals surface area (Å²) in [5.41, 5.74) is 1.28. The summed E-state index contributed by atoms with van der Waals surface area (Å²) in [6, 6.07) is 6.84. The summed E-state index contributed by atoms with van der Waals surface area (Å²) in [6.45, 7) is 1.49. The predicted octanol–water partition coefficient (Wildman–Crippen LogP) is 2.59. The highest BCUT2D eigenvalue weighted by Crippen LogP contribution is 2.73. The number of allylic oxidation sites excluding steroid dienone is 2. The Bertz CT molecular complexity index is 771. The van der Waals surface area contributed by atoms with Crippen LogP contribution in [0.1, 0.15) is 30.1 Å². The number of carbonyl (C=O) groups is 3. The van der Waals surface area contributed by atoms with Crippen molar-refractivity contribution in [3.05, 3.63) is 42.0 Å². The minimum absolute atomic E-state index is 0.0650.